The van der Waals surface area contributed by atoms with Crippen molar-refractivity contribution in [2.45, 2.75) is 6.18 Å². The Balaban J connectivity index is 3.16. The van der Waals surface area contributed by atoms with Gasteiger partial charge in [0.15, 0.2) is 0 Å². The van der Waals surface area contributed by atoms with Gasteiger partial charge in [-0.05, 0) is 23.8 Å². The van der Waals surface area contributed by atoms with Crippen LogP contribution in [0.3, 0.4) is 0 Å². The predicted octanol–water partition coefficient (Wildman–Crippen LogP) is 2.79. The molecule has 1 aromatic rings. The molecule has 0 N–H and O–H groups in total. The van der Waals surface area contributed by atoms with Crippen LogP contribution in [-0.2, 0) is 15.7 Å². The summed E-state index contributed by atoms with van der Waals surface area (Å²) in [7, 11) is 1.08. The van der Waals surface area contributed by atoms with Gasteiger partial charge in [0, 0.05) is 0 Å². The lowest BCUT2D eigenvalue weighted by molar-refractivity contribution is -0.137. The summed E-state index contributed by atoms with van der Waals surface area (Å²) in [5, 5.41) is 8.68. The Hall–Kier alpha value is -2.29. The zero-order valence-corrected chi connectivity index (χ0v) is 9.28. The fraction of sp³-hybridized carbons (Fsp3) is 0.167. The van der Waals surface area contributed by atoms with Crippen LogP contribution >= 0.6 is 0 Å². The van der Waals surface area contributed by atoms with Gasteiger partial charge in [0.2, 0.25) is 0 Å². The van der Waals surface area contributed by atoms with Crippen LogP contribution in [0, 0.1) is 11.3 Å². The first-order valence-corrected chi connectivity index (χ1v) is 4.76. The fourth-order valence-corrected chi connectivity index (χ4v) is 1.22. The highest BCUT2D eigenvalue weighted by molar-refractivity contribution is 5.97. The first-order chi connectivity index (χ1) is 8.38. The van der Waals surface area contributed by atoms with E-state index >= 15 is 0 Å². The highest BCUT2D eigenvalue weighted by Gasteiger charge is 2.30. The SMILES string of the molecule is COC(=O)/C(C#N)=C/c1cccc(C(F)(F)F)c1. The molecule has 94 valence electrons. The van der Waals surface area contributed by atoms with Gasteiger partial charge >= 0.3 is 12.1 Å². The van der Waals surface area contributed by atoms with Gasteiger partial charge in [-0.2, -0.15) is 18.4 Å². The molecule has 0 aliphatic heterocycles. The van der Waals surface area contributed by atoms with Crippen molar-refractivity contribution in [1.29, 1.82) is 5.26 Å². The Morgan fingerprint density at radius 2 is 2.11 bits per heavy atom. The van der Waals surface area contributed by atoms with E-state index in [4.69, 9.17) is 5.26 Å². The van der Waals surface area contributed by atoms with Crippen molar-refractivity contribution < 1.29 is 22.7 Å². The molecule has 1 rings (SSSR count). The lowest BCUT2D eigenvalue weighted by atomic mass is 10.1. The number of carbonyl (C=O) groups is 1. The lowest BCUT2D eigenvalue weighted by Gasteiger charge is -2.06. The molecule has 0 aliphatic rings. The third kappa shape index (κ3) is 3.35. The second-order valence-electron chi connectivity index (χ2n) is 3.28. The Bertz CT molecular complexity index is 527. The maximum Gasteiger partial charge on any atom is 0.416 e. The lowest BCUT2D eigenvalue weighted by Crippen LogP contribution is -2.05. The molecule has 0 aromatic heterocycles. The molecular formula is C12H8F3NO2. The summed E-state index contributed by atoms with van der Waals surface area (Å²) in [6.45, 7) is 0. The summed E-state index contributed by atoms with van der Waals surface area (Å²) in [6.07, 6.45) is -3.43. The number of alkyl halides is 3. The molecule has 0 amide bonds. The number of halogens is 3. The molecule has 1 aromatic carbocycles. The molecule has 0 spiro atoms. The predicted molar refractivity (Wildman–Crippen MR) is 57.1 cm³/mol. The highest BCUT2D eigenvalue weighted by atomic mass is 19.4. The van der Waals surface area contributed by atoms with Gasteiger partial charge in [-0.15, -0.1) is 0 Å². The quantitative estimate of drug-likeness (QED) is 0.464. The topological polar surface area (TPSA) is 50.1 Å². The van der Waals surface area contributed by atoms with Gasteiger partial charge in [0.05, 0.1) is 12.7 Å². The van der Waals surface area contributed by atoms with E-state index in [9.17, 15) is 18.0 Å². The van der Waals surface area contributed by atoms with Crippen molar-refractivity contribution in [3.05, 3.63) is 41.0 Å². The van der Waals surface area contributed by atoms with Crippen LogP contribution in [0.5, 0.6) is 0 Å². The Morgan fingerprint density at radius 3 is 2.61 bits per heavy atom. The summed E-state index contributed by atoms with van der Waals surface area (Å²) in [4.78, 5) is 11.1. The largest absolute Gasteiger partial charge is 0.465 e. The van der Waals surface area contributed by atoms with E-state index in [-0.39, 0.29) is 11.1 Å². The van der Waals surface area contributed by atoms with Crippen molar-refractivity contribution in [2.75, 3.05) is 7.11 Å². The second-order valence-corrected chi connectivity index (χ2v) is 3.28. The average Bonchev–Trinajstić information content (AvgIpc) is 2.34. The number of benzene rings is 1. The molecule has 18 heavy (non-hydrogen) atoms. The zero-order chi connectivity index (χ0) is 13.8. The molecule has 0 unspecified atom stereocenters. The molecule has 0 radical (unpaired) electrons. The van der Waals surface area contributed by atoms with E-state index < -0.39 is 17.7 Å². The van der Waals surface area contributed by atoms with Crippen LogP contribution in [0.2, 0.25) is 0 Å². The number of nitrogens with zero attached hydrogens (tertiary/aromatic N) is 1. The number of carbonyl (C=O) groups excluding carboxylic acids is 1. The normalized spacial score (nSPS) is 11.8. The highest BCUT2D eigenvalue weighted by Crippen LogP contribution is 2.29. The van der Waals surface area contributed by atoms with E-state index in [0.717, 1.165) is 25.3 Å². The van der Waals surface area contributed by atoms with Gasteiger partial charge in [-0.1, -0.05) is 12.1 Å². The van der Waals surface area contributed by atoms with Crippen LogP contribution in [0.1, 0.15) is 11.1 Å². The summed E-state index contributed by atoms with van der Waals surface area (Å²) < 4.78 is 41.6. The number of nitriles is 1. The van der Waals surface area contributed by atoms with Crippen LogP contribution in [0.25, 0.3) is 6.08 Å². The molecule has 0 saturated heterocycles. The first-order valence-electron chi connectivity index (χ1n) is 4.76. The van der Waals surface area contributed by atoms with E-state index in [2.05, 4.69) is 4.74 Å². The molecule has 0 heterocycles. The molecule has 0 bridgehead atoms. The maximum atomic E-state index is 12.4. The first kappa shape index (κ1) is 13.8. The average molecular weight is 255 g/mol. The zero-order valence-electron chi connectivity index (χ0n) is 9.28. The number of ether oxygens (including phenoxy) is 1. The smallest absolute Gasteiger partial charge is 0.416 e. The van der Waals surface area contributed by atoms with E-state index in [1.807, 2.05) is 0 Å². The summed E-state index contributed by atoms with van der Waals surface area (Å²) >= 11 is 0. The molecule has 0 saturated carbocycles. The van der Waals surface area contributed by atoms with Crippen molar-refractivity contribution in [3.8, 4) is 6.07 Å². The number of hydrogen-bond acceptors (Lipinski definition) is 3. The third-order valence-corrected chi connectivity index (χ3v) is 2.05. The van der Waals surface area contributed by atoms with Crippen molar-refractivity contribution in [1.82, 2.24) is 0 Å². The second kappa shape index (κ2) is 5.36. The van der Waals surface area contributed by atoms with Gasteiger partial charge in [0.25, 0.3) is 0 Å². The van der Waals surface area contributed by atoms with Gasteiger partial charge in [0.1, 0.15) is 11.6 Å². The van der Waals surface area contributed by atoms with Gasteiger partial charge in [-0.25, -0.2) is 4.79 Å². The maximum absolute atomic E-state index is 12.4. The monoisotopic (exact) mass is 255 g/mol. The minimum atomic E-state index is -4.47. The van der Waals surface area contributed by atoms with Gasteiger partial charge < -0.3 is 4.74 Å². The summed E-state index contributed by atoms with van der Waals surface area (Å²) in [6, 6.07) is 5.87. The molecule has 0 atom stereocenters. The minimum Gasteiger partial charge on any atom is -0.465 e. The number of esters is 1. The van der Waals surface area contributed by atoms with E-state index in [1.165, 1.54) is 12.1 Å². The van der Waals surface area contributed by atoms with E-state index in [0.29, 0.717) is 0 Å². The molecule has 6 heteroatoms. The summed E-state index contributed by atoms with van der Waals surface area (Å²) in [5.41, 5.74) is -1.11. The van der Waals surface area contributed by atoms with E-state index in [1.54, 1.807) is 6.07 Å². The van der Waals surface area contributed by atoms with Crippen LogP contribution < -0.4 is 0 Å². The summed E-state index contributed by atoms with van der Waals surface area (Å²) in [5.74, 6) is -0.894. The van der Waals surface area contributed by atoms with Gasteiger partial charge in [-0.3, -0.25) is 0 Å². The molecule has 0 fully saturated rings. The Labute approximate surface area is 101 Å². The van der Waals surface area contributed by atoms with Crippen LogP contribution in [-0.4, -0.2) is 13.1 Å². The Morgan fingerprint density at radius 1 is 1.44 bits per heavy atom. The standard InChI is InChI=1S/C12H8F3NO2/c1-18-11(17)9(7-16)5-8-3-2-4-10(6-8)12(13,14)15/h2-6H,1H3/b9-5+. The van der Waals surface area contributed by atoms with Crippen molar-refractivity contribution >= 4 is 12.0 Å². The minimum absolute atomic E-state index is 0.103. The van der Waals surface area contributed by atoms with Crippen LogP contribution in [0.4, 0.5) is 13.2 Å². The molecular weight excluding hydrogens is 247 g/mol. The fourth-order valence-electron chi connectivity index (χ4n) is 1.22. The number of rotatable bonds is 2. The third-order valence-electron chi connectivity index (χ3n) is 2.05. The molecule has 3 nitrogen and oxygen atoms in total. The number of methoxy groups -OCH3 is 1. The van der Waals surface area contributed by atoms with Crippen molar-refractivity contribution in [2.24, 2.45) is 0 Å². The number of hydrogen-bond donors (Lipinski definition) is 0. The molecule has 0 aliphatic carbocycles. The Kier molecular flexibility index (Phi) is 4.10. The van der Waals surface area contributed by atoms with Crippen molar-refractivity contribution in [3.63, 3.8) is 0 Å². The van der Waals surface area contributed by atoms with Crippen LogP contribution in [0.15, 0.2) is 29.8 Å².